The second-order valence-corrected chi connectivity index (χ2v) is 5.93. The zero-order chi connectivity index (χ0) is 17.6. The van der Waals surface area contributed by atoms with Crippen molar-refractivity contribution in [2.24, 2.45) is 5.10 Å². The normalized spacial score (nSPS) is 11.2. The molecule has 0 bridgehead atoms. The maximum Gasteiger partial charge on any atom is 0.289 e. The van der Waals surface area contributed by atoms with E-state index in [1.165, 1.54) is 0 Å². The molecule has 0 aliphatic rings. The molecule has 6 heteroatoms. The number of halogens is 2. The third-order valence-corrected chi connectivity index (χ3v) is 4.15. The molecule has 0 radical (unpaired) electrons. The van der Waals surface area contributed by atoms with Gasteiger partial charge in [0.1, 0.15) is 5.69 Å². The Morgan fingerprint density at radius 1 is 0.880 bits per heavy atom. The second kappa shape index (κ2) is 7.92. The highest BCUT2D eigenvalue weighted by Crippen LogP contribution is 2.24. The van der Waals surface area contributed by atoms with Crippen molar-refractivity contribution in [3.8, 4) is 0 Å². The quantitative estimate of drug-likeness (QED) is 0.540. The van der Waals surface area contributed by atoms with E-state index in [9.17, 15) is 4.79 Å². The van der Waals surface area contributed by atoms with Gasteiger partial charge in [0.25, 0.3) is 5.91 Å². The number of hydrogen-bond donors (Lipinski definition) is 1. The van der Waals surface area contributed by atoms with Crippen molar-refractivity contribution in [1.29, 1.82) is 0 Å². The van der Waals surface area contributed by atoms with Gasteiger partial charge in [0.15, 0.2) is 0 Å². The summed E-state index contributed by atoms with van der Waals surface area (Å²) >= 11 is 12.1. The van der Waals surface area contributed by atoms with Gasteiger partial charge < -0.3 is 0 Å². The molecule has 3 rings (SSSR count). The molecule has 4 nitrogen and oxygen atoms in total. The van der Waals surface area contributed by atoms with E-state index in [-0.39, 0.29) is 5.69 Å². The summed E-state index contributed by atoms with van der Waals surface area (Å²) in [6.07, 6.45) is 1.55. The molecule has 124 valence electrons. The van der Waals surface area contributed by atoms with E-state index in [1.807, 2.05) is 30.3 Å². The number of hydrazone groups is 1. The van der Waals surface area contributed by atoms with E-state index in [4.69, 9.17) is 23.2 Å². The van der Waals surface area contributed by atoms with Crippen LogP contribution in [0.3, 0.4) is 0 Å². The third kappa shape index (κ3) is 4.24. The van der Waals surface area contributed by atoms with Crippen LogP contribution in [0, 0.1) is 0 Å². The molecule has 0 saturated heterocycles. The number of amides is 1. The molecule has 0 unspecified atom stereocenters. The van der Waals surface area contributed by atoms with Crippen LogP contribution in [0.2, 0.25) is 10.0 Å². The van der Waals surface area contributed by atoms with Gasteiger partial charge in [0, 0.05) is 17.3 Å². The number of carbonyl (C=O) groups is 1. The van der Waals surface area contributed by atoms with E-state index < -0.39 is 5.91 Å². The summed E-state index contributed by atoms with van der Waals surface area (Å²) < 4.78 is 0. The Labute approximate surface area is 155 Å². The van der Waals surface area contributed by atoms with Crippen LogP contribution in [0.25, 0.3) is 0 Å². The highest BCUT2D eigenvalue weighted by atomic mass is 35.5. The minimum absolute atomic E-state index is 0.285. The van der Waals surface area contributed by atoms with Gasteiger partial charge in [0.05, 0.1) is 15.8 Å². The van der Waals surface area contributed by atoms with Crippen LogP contribution in [-0.4, -0.2) is 16.6 Å². The smallest absolute Gasteiger partial charge is 0.266 e. The van der Waals surface area contributed by atoms with Gasteiger partial charge in [-0.1, -0.05) is 65.7 Å². The number of hydrogen-bond acceptors (Lipinski definition) is 3. The molecule has 0 aliphatic heterocycles. The van der Waals surface area contributed by atoms with E-state index in [0.717, 1.165) is 11.1 Å². The maximum absolute atomic E-state index is 12.2. The first kappa shape index (κ1) is 17.1. The second-order valence-electron chi connectivity index (χ2n) is 5.11. The van der Waals surface area contributed by atoms with Crippen molar-refractivity contribution in [3.63, 3.8) is 0 Å². The Morgan fingerprint density at radius 2 is 1.64 bits per heavy atom. The van der Waals surface area contributed by atoms with Crippen molar-refractivity contribution in [2.75, 3.05) is 0 Å². The topological polar surface area (TPSA) is 54.4 Å². The number of carbonyl (C=O) groups excluding carboxylic acids is 1. The van der Waals surface area contributed by atoms with Gasteiger partial charge in [-0.3, -0.25) is 9.78 Å². The van der Waals surface area contributed by atoms with E-state index in [0.29, 0.717) is 15.8 Å². The maximum atomic E-state index is 12.2. The molecule has 1 N–H and O–H groups in total. The van der Waals surface area contributed by atoms with Crippen LogP contribution in [0.5, 0.6) is 0 Å². The summed E-state index contributed by atoms with van der Waals surface area (Å²) in [6, 6.07) is 19.8. The van der Waals surface area contributed by atoms with Crippen LogP contribution in [-0.2, 0) is 0 Å². The molecule has 0 spiro atoms. The molecule has 1 aromatic heterocycles. The number of benzene rings is 2. The Balaban J connectivity index is 1.96. The fourth-order valence-electron chi connectivity index (χ4n) is 2.20. The number of nitrogens with zero attached hydrogens (tertiary/aromatic N) is 2. The lowest BCUT2D eigenvalue weighted by molar-refractivity contribution is 0.0950. The van der Waals surface area contributed by atoms with Crippen molar-refractivity contribution in [2.45, 2.75) is 0 Å². The summed E-state index contributed by atoms with van der Waals surface area (Å²) in [5, 5.41) is 5.16. The van der Waals surface area contributed by atoms with E-state index in [1.54, 1.807) is 42.6 Å². The highest BCUT2D eigenvalue weighted by Gasteiger charge is 2.11. The molecular formula is C19H13Cl2N3O. The number of rotatable bonds is 4. The molecule has 3 aromatic rings. The van der Waals surface area contributed by atoms with Crippen LogP contribution >= 0.6 is 23.2 Å². The number of nitrogens with one attached hydrogen (secondary N) is 1. The summed E-state index contributed by atoms with van der Waals surface area (Å²) in [4.78, 5) is 16.2. The van der Waals surface area contributed by atoms with Gasteiger partial charge in [-0.25, -0.2) is 5.43 Å². The molecule has 0 saturated carbocycles. The van der Waals surface area contributed by atoms with Gasteiger partial charge in [-0.2, -0.15) is 5.10 Å². The molecule has 0 atom stereocenters. The van der Waals surface area contributed by atoms with Crippen molar-refractivity contribution in [1.82, 2.24) is 10.4 Å². The highest BCUT2D eigenvalue weighted by molar-refractivity contribution is 6.42. The van der Waals surface area contributed by atoms with Gasteiger partial charge in [-0.05, 0) is 24.3 Å². The largest absolute Gasteiger partial charge is 0.289 e. The predicted octanol–water partition coefficient (Wildman–Crippen LogP) is 4.57. The third-order valence-electron chi connectivity index (χ3n) is 3.41. The van der Waals surface area contributed by atoms with Crippen molar-refractivity contribution >= 4 is 34.8 Å². The first-order valence-electron chi connectivity index (χ1n) is 7.45. The van der Waals surface area contributed by atoms with Crippen LogP contribution in [0.15, 0.2) is 78.0 Å². The number of pyridine rings is 1. The zero-order valence-corrected chi connectivity index (χ0v) is 14.5. The molecule has 1 amide bonds. The lowest BCUT2D eigenvalue weighted by Crippen LogP contribution is -2.21. The summed E-state index contributed by atoms with van der Waals surface area (Å²) in [6.45, 7) is 0. The predicted molar refractivity (Wildman–Crippen MR) is 100 cm³/mol. The Kier molecular flexibility index (Phi) is 5.43. The van der Waals surface area contributed by atoms with E-state index in [2.05, 4.69) is 15.5 Å². The summed E-state index contributed by atoms with van der Waals surface area (Å²) in [7, 11) is 0. The standard InChI is InChI=1S/C19H13Cl2N3O/c20-15-10-9-14(12-16(15)21)18(13-6-2-1-3-7-13)23-24-19(25)17-8-4-5-11-22-17/h1-12H,(H,24,25)/b23-18-. The Hall–Kier alpha value is -2.69. The monoisotopic (exact) mass is 369 g/mol. The average Bonchev–Trinajstić information content (AvgIpc) is 2.66. The molecule has 2 aromatic carbocycles. The van der Waals surface area contributed by atoms with Gasteiger partial charge >= 0.3 is 0 Å². The molecule has 25 heavy (non-hydrogen) atoms. The number of aromatic nitrogens is 1. The Morgan fingerprint density at radius 3 is 2.32 bits per heavy atom. The van der Waals surface area contributed by atoms with Crippen LogP contribution < -0.4 is 5.43 Å². The summed E-state index contributed by atoms with van der Waals surface area (Å²) in [5.41, 5.74) is 4.97. The lowest BCUT2D eigenvalue weighted by atomic mass is 10.0. The van der Waals surface area contributed by atoms with E-state index >= 15 is 0 Å². The lowest BCUT2D eigenvalue weighted by Gasteiger charge is -2.09. The molecule has 1 heterocycles. The summed E-state index contributed by atoms with van der Waals surface area (Å²) in [5.74, 6) is -0.394. The average molecular weight is 370 g/mol. The molecular weight excluding hydrogens is 357 g/mol. The fourth-order valence-corrected chi connectivity index (χ4v) is 2.49. The first-order valence-corrected chi connectivity index (χ1v) is 8.20. The SMILES string of the molecule is O=C(N/N=C(/c1ccccc1)c1ccc(Cl)c(Cl)c1)c1ccccn1. The van der Waals surface area contributed by atoms with Crippen LogP contribution in [0.4, 0.5) is 0 Å². The molecule has 0 aliphatic carbocycles. The zero-order valence-electron chi connectivity index (χ0n) is 13.0. The van der Waals surface area contributed by atoms with Gasteiger partial charge in [-0.15, -0.1) is 0 Å². The van der Waals surface area contributed by atoms with Crippen molar-refractivity contribution in [3.05, 3.63) is 99.8 Å². The van der Waals surface area contributed by atoms with Crippen LogP contribution in [0.1, 0.15) is 21.6 Å². The van der Waals surface area contributed by atoms with Crippen molar-refractivity contribution < 1.29 is 4.79 Å². The fraction of sp³-hybridized carbons (Fsp3) is 0. The minimum Gasteiger partial charge on any atom is -0.266 e. The molecule has 0 fully saturated rings. The van der Waals surface area contributed by atoms with Gasteiger partial charge in [0.2, 0.25) is 0 Å². The first-order chi connectivity index (χ1) is 12.1. The Bertz CT molecular complexity index is 912. The minimum atomic E-state index is -0.394.